The highest BCUT2D eigenvalue weighted by molar-refractivity contribution is 7.99. The van der Waals surface area contributed by atoms with E-state index in [1.165, 1.54) is 25.1 Å². The van der Waals surface area contributed by atoms with E-state index in [0.717, 1.165) is 11.0 Å². The Morgan fingerprint density at radius 1 is 1.19 bits per heavy atom. The SMILES string of the molecule is CCCn1c(=O)n(C)c(=O)c2c(SCCn3cncn3)nc(C(C)C)nc21. The summed E-state index contributed by atoms with van der Waals surface area (Å²) < 4.78 is 4.44. The number of hydrogen-bond donors (Lipinski definition) is 0. The summed E-state index contributed by atoms with van der Waals surface area (Å²) in [6, 6.07) is 0. The Balaban J connectivity index is 2.15. The molecule has 3 aromatic rings. The smallest absolute Gasteiger partial charge is 0.277 e. The second kappa shape index (κ2) is 8.03. The molecule has 0 saturated heterocycles. The molecule has 144 valence electrons. The largest absolute Gasteiger partial charge is 0.332 e. The zero-order valence-corrected chi connectivity index (χ0v) is 16.7. The number of aryl methyl sites for hydroxylation is 2. The van der Waals surface area contributed by atoms with Crippen LogP contribution in [0.15, 0.2) is 27.3 Å². The van der Waals surface area contributed by atoms with Crippen LogP contribution in [-0.2, 0) is 20.1 Å². The molecular formula is C17H23N7O2S. The molecule has 0 saturated carbocycles. The fraction of sp³-hybridized carbons (Fsp3) is 0.529. The molecule has 0 radical (unpaired) electrons. The maximum Gasteiger partial charge on any atom is 0.332 e. The Morgan fingerprint density at radius 3 is 2.59 bits per heavy atom. The van der Waals surface area contributed by atoms with Gasteiger partial charge in [0.25, 0.3) is 5.56 Å². The zero-order chi connectivity index (χ0) is 19.6. The Labute approximate surface area is 160 Å². The minimum atomic E-state index is -0.360. The number of hydrogen-bond acceptors (Lipinski definition) is 7. The average Bonchev–Trinajstić information content (AvgIpc) is 3.16. The molecule has 27 heavy (non-hydrogen) atoms. The van der Waals surface area contributed by atoms with E-state index in [4.69, 9.17) is 0 Å². The van der Waals surface area contributed by atoms with Crippen molar-refractivity contribution in [2.75, 3.05) is 5.75 Å². The van der Waals surface area contributed by atoms with E-state index in [1.807, 2.05) is 20.8 Å². The molecule has 0 spiro atoms. The van der Waals surface area contributed by atoms with Gasteiger partial charge in [-0.2, -0.15) is 5.10 Å². The van der Waals surface area contributed by atoms with Crippen molar-refractivity contribution in [3.63, 3.8) is 0 Å². The molecule has 0 unspecified atom stereocenters. The first-order valence-electron chi connectivity index (χ1n) is 8.90. The van der Waals surface area contributed by atoms with Crippen LogP contribution in [-0.4, -0.2) is 39.6 Å². The quantitative estimate of drug-likeness (QED) is 0.445. The van der Waals surface area contributed by atoms with Crippen molar-refractivity contribution in [3.8, 4) is 0 Å². The van der Waals surface area contributed by atoms with Crippen LogP contribution in [0, 0.1) is 0 Å². The third-order valence-corrected chi connectivity index (χ3v) is 5.11. The molecule has 0 aromatic carbocycles. The van der Waals surface area contributed by atoms with Crippen molar-refractivity contribution >= 4 is 22.8 Å². The molecule has 3 rings (SSSR count). The molecular weight excluding hydrogens is 366 g/mol. The van der Waals surface area contributed by atoms with Crippen molar-refractivity contribution in [1.29, 1.82) is 0 Å². The molecule has 0 bridgehead atoms. The maximum atomic E-state index is 12.8. The summed E-state index contributed by atoms with van der Waals surface area (Å²) in [7, 11) is 1.50. The molecule has 0 N–H and O–H groups in total. The van der Waals surface area contributed by atoms with Gasteiger partial charge in [0.05, 0.1) is 6.54 Å². The first-order chi connectivity index (χ1) is 12.9. The Morgan fingerprint density at radius 2 is 1.96 bits per heavy atom. The fourth-order valence-electron chi connectivity index (χ4n) is 2.73. The standard InChI is InChI=1S/C17H23N7O2S/c1-5-6-24-14-12(16(25)22(4)17(24)26)15(21-13(20-14)11(2)3)27-8-7-23-10-18-9-19-23/h9-11H,5-8H2,1-4H3. The van der Waals surface area contributed by atoms with E-state index in [0.29, 0.717) is 40.7 Å². The molecule has 3 heterocycles. The first kappa shape index (κ1) is 19.3. The highest BCUT2D eigenvalue weighted by Gasteiger charge is 2.19. The zero-order valence-electron chi connectivity index (χ0n) is 15.9. The van der Waals surface area contributed by atoms with E-state index in [9.17, 15) is 9.59 Å². The van der Waals surface area contributed by atoms with E-state index in [-0.39, 0.29) is 17.2 Å². The van der Waals surface area contributed by atoms with Gasteiger partial charge >= 0.3 is 5.69 Å². The van der Waals surface area contributed by atoms with Crippen molar-refractivity contribution in [1.82, 2.24) is 33.9 Å². The van der Waals surface area contributed by atoms with Gasteiger partial charge in [0.1, 0.15) is 28.9 Å². The molecule has 0 atom stereocenters. The highest BCUT2D eigenvalue weighted by Crippen LogP contribution is 2.24. The van der Waals surface area contributed by atoms with Crippen molar-refractivity contribution < 1.29 is 0 Å². The van der Waals surface area contributed by atoms with Gasteiger partial charge in [0.15, 0.2) is 5.65 Å². The Bertz CT molecular complexity index is 1050. The highest BCUT2D eigenvalue weighted by atomic mass is 32.2. The third-order valence-electron chi connectivity index (χ3n) is 4.16. The first-order valence-corrected chi connectivity index (χ1v) is 9.89. The molecule has 0 aliphatic heterocycles. The van der Waals surface area contributed by atoms with Gasteiger partial charge in [0, 0.05) is 25.3 Å². The Hall–Kier alpha value is -2.49. The maximum absolute atomic E-state index is 12.8. The van der Waals surface area contributed by atoms with Crippen LogP contribution >= 0.6 is 11.8 Å². The molecule has 0 amide bonds. The second-order valence-electron chi connectivity index (χ2n) is 6.55. The van der Waals surface area contributed by atoms with Gasteiger partial charge in [-0.15, -0.1) is 11.8 Å². The van der Waals surface area contributed by atoms with Crippen LogP contribution in [0.25, 0.3) is 11.0 Å². The van der Waals surface area contributed by atoms with Gasteiger partial charge in [-0.25, -0.2) is 19.7 Å². The van der Waals surface area contributed by atoms with Crippen LogP contribution in [0.4, 0.5) is 0 Å². The van der Waals surface area contributed by atoms with Crippen molar-refractivity contribution in [2.45, 2.75) is 51.2 Å². The molecule has 9 nitrogen and oxygen atoms in total. The summed E-state index contributed by atoms with van der Waals surface area (Å²) in [5.41, 5.74) is -0.283. The lowest BCUT2D eigenvalue weighted by molar-refractivity contribution is 0.603. The summed E-state index contributed by atoms with van der Waals surface area (Å²) in [5, 5.41) is 5.09. The summed E-state index contributed by atoms with van der Waals surface area (Å²) >= 11 is 1.47. The van der Waals surface area contributed by atoms with Crippen LogP contribution in [0.3, 0.4) is 0 Å². The summed E-state index contributed by atoms with van der Waals surface area (Å²) in [4.78, 5) is 38.6. The molecule has 0 aliphatic rings. The normalized spacial score (nSPS) is 11.6. The van der Waals surface area contributed by atoms with Gasteiger partial charge in [0.2, 0.25) is 0 Å². The lowest BCUT2D eigenvalue weighted by atomic mass is 10.2. The number of rotatable bonds is 7. The summed E-state index contributed by atoms with van der Waals surface area (Å²) in [6.45, 7) is 7.12. The lowest BCUT2D eigenvalue weighted by Gasteiger charge is -2.15. The lowest BCUT2D eigenvalue weighted by Crippen LogP contribution is -2.39. The number of thioether (sulfide) groups is 1. The van der Waals surface area contributed by atoms with Gasteiger partial charge in [-0.1, -0.05) is 20.8 Å². The van der Waals surface area contributed by atoms with E-state index in [2.05, 4.69) is 20.1 Å². The molecule has 10 heteroatoms. The predicted molar refractivity (Wildman–Crippen MR) is 104 cm³/mol. The van der Waals surface area contributed by atoms with Gasteiger partial charge in [-0.3, -0.25) is 18.6 Å². The molecule has 0 fully saturated rings. The predicted octanol–water partition coefficient (Wildman–Crippen LogP) is 1.41. The van der Waals surface area contributed by atoms with Crippen molar-refractivity contribution in [3.05, 3.63) is 39.3 Å². The van der Waals surface area contributed by atoms with Crippen LogP contribution in [0.5, 0.6) is 0 Å². The minimum absolute atomic E-state index is 0.0818. The topological polar surface area (TPSA) is 100 Å². The van der Waals surface area contributed by atoms with E-state index in [1.54, 1.807) is 15.6 Å². The van der Waals surface area contributed by atoms with Crippen LogP contribution in [0.1, 0.15) is 38.9 Å². The molecule has 0 aliphatic carbocycles. The summed E-state index contributed by atoms with van der Waals surface area (Å²) in [6.07, 6.45) is 3.90. The van der Waals surface area contributed by atoms with Gasteiger partial charge in [-0.05, 0) is 6.42 Å². The fourth-order valence-corrected chi connectivity index (χ4v) is 3.68. The number of aromatic nitrogens is 7. The monoisotopic (exact) mass is 389 g/mol. The third kappa shape index (κ3) is 3.80. The van der Waals surface area contributed by atoms with E-state index < -0.39 is 0 Å². The number of nitrogens with zero attached hydrogens (tertiary/aromatic N) is 7. The molecule has 3 aromatic heterocycles. The van der Waals surface area contributed by atoms with Crippen molar-refractivity contribution in [2.24, 2.45) is 7.05 Å². The number of fused-ring (bicyclic) bond motifs is 1. The van der Waals surface area contributed by atoms with Crippen LogP contribution in [0.2, 0.25) is 0 Å². The van der Waals surface area contributed by atoms with Crippen LogP contribution < -0.4 is 11.2 Å². The minimum Gasteiger partial charge on any atom is -0.277 e. The van der Waals surface area contributed by atoms with E-state index >= 15 is 0 Å². The second-order valence-corrected chi connectivity index (χ2v) is 7.63. The average molecular weight is 389 g/mol. The Kier molecular flexibility index (Phi) is 5.73. The van der Waals surface area contributed by atoms with Gasteiger partial charge < -0.3 is 0 Å². The summed E-state index contributed by atoms with van der Waals surface area (Å²) in [5.74, 6) is 1.38.